The molecule has 3 nitrogen and oxygen atoms in total. The molecule has 1 heterocycles. The van der Waals surface area contributed by atoms with E-state index in [0.717, 1.165) is 13.1 Å². The van der Waals surface area contributed by atoms with Gasteiger partial charge < -0.3 is 10.2 Å². The van der Waals surface area contributed by atoms with E-state index in [1.165, 1.54) is 0 Å². The van der Waals surface area contributed by atoms with Crippen LogP contribution < -0.4 is 5.32 Å². The van der Waals surface area contributed by atoms with Crippen LogP contribution in [0.2, 0.25) is 0 Å². The molecule has 0 spiro atoms. The van der Waals surface area contributed by atoms with Crippen LogP contribution in [0.25, 0.3) is 0 Å². The minimum absolute atomic E-state index is 0. The molecule has 1 aliphatic rings. The fourth-order valence-corrected chi connectivity index (χ4v) is 2.11. The third kappa shape index (κ3) is 2.82. The van der Waals surface area contributed by atoms with E-state index in [1.54, 1.807) is 30.0 Å². The SMILES string of the molecule is Cc1cccc(C(=O)N2CCNCC2C)c1F.Cl. The Hall–Kier alpha value is -1.13. The number of piperazine rings is 1. The summed E-state index contributed by atoms with van der Waals surface area (Å²) in [6, 6.07) is 5.06. The zero-order valence-corrected chi connectivity index (χ0v) is 11.4. The van der Waals surface area contributed by atoms with Crippen LogP contribution in [-0.2, 0) is 0 Å². The van der Waals surface area contributed by atoms with E-state index < -0.39 is 5.82 Å². The van der Waals surface area contributed by atoms with Crippen LogP contribution in [0.1, 0.15) is 22.8 Å². The number of nitrogens with one attached hydrogen (secondary N) is 1. The fraction of sp³-hybridized carbons (Fsp3) is 0.462. The number of nitrogens with zero attached hydrogens (tertiary/aromatic N) is 1. The van der Waals surface area contributed by atoms with Gasteiger partial charge in [-0.3, -0.25) is 4.79 Å². The largest absolute Gasteiger partial charge is 0.333 e. The lowest BCUT2D eigenvalue weighted by Gasteiger charge is -2.34. The molecular weight excluding hydrogens is 255 g/mol. The molecule has 1 saturated heterocycles. The Labute approximate surface area is 113 Å². The van der Waals surface area contributed by atoms with Gasteiger partial charge in [0.15, 0.2) is 0 Å². The summed E-state index contributed by atoms with van der Waals surface area (Å²) in [4.78, 5) is 14.0. The maximum atomic E-state index is 13.9. The van der Waals surface area contributed by atoms with Crippen LogP contribution in [0.15, 0.2) is 18.2 Å². The van der Waals surface area contributed by atoms with Gasteiger partial charge >= 0.3 is 0 Å². The Bertz CT molecular complexity index is 439. The molecule has 1 unspecified atom stereocenters. The van der Waals surface area contributed by atoms with Crippen molar-refractivity contribution >= 4 is 18.3 Å². The van der Waals surface area contributed by atoms with E-state index in [1.807, 2.05) is 6.92 Å². The molecule has 1 N–H and O–H groups in total. The average molecular weight is 273 g/mol. The summed E-state index contributed by atoms with van der Waals surface area (Å²) in [7, 11) is 0. The lowest BCUT2D eigenvalue weighted by atomic mass is 10.1. The molecule has 1 amide bonds. The van der Waals surface area contributed by atoms with Gasteiger partial charge in [0, 0.05) is 25.7 Å². The molecule has 1 aliphatic heterocycles. The number of hydrogen-bond acceptors (Lipinski definition) is 2. The summed E-state index contributed by atoms with van der Waals surface area (Å²) in [5.41, 5.74) is 0.692. The second-order valence-electron chi connectivity index (χ2n) is 4.49. The molecule has 0 aliphatic carbocycles. The van der Waals surface area contributed by atoms with E-state index in [-0.39, 0.29) is 29.9 Å². The molecule has 1 fully saturated rings. The zero-order chi connectivity index (χ0) is 12.4. The summed E-state index contributed by atoms with van der Waals surface area (Å²) in [5.74, 6) is -0.608. The van der Waals surface area contributed by atoms with Crippen molar-refractivity contribution in [3.63, 3.8) is 0 Å². The highest BCUT2D eigenvalue weighted by Gasteiger charge is 2.26. The van der Waals surface area contributed by atoms with Gasteiger partial charge in [0.25, 0.3) is 5.91 Å². The van der Waals surface area contributed by atoms with Crippen molar-refractivity contribution in [3.05, 3.63) is 35.1 Å². The first kappa shape index (κ1) is 14.9. The summed E-state index contributed by atoms with van der Waals surface area (Å²) in [6.45, 7) is 5.81. The normalized spacial score (nSPS) is 19.3. The number of hydrogen-bond donors (Lipinski definition) is 1. The Morgan fingerprint density at radius 2 is 2.22 bits per heavy atom. The van der Waals surface area contributed by atoms with Gasteiger partial charge in [-0.15, -0.1) is 12.4 Å². The van der Waals surface area contributed by atoms with E-state index in [2.05, 4.69) is 5.32 Å². The van der Waals surface area contributed by atoms with Crippen molar-refractivity contribution in [2.24, 2.45) is 0 Å². The smallest absolute Gasteiger partial charge is 0.257 e. The molecule has 100 valence electrons. The van der Waals surface area contributed by atoms with Crippen molar-refractivity contribution in [1.82, 2.24) is 10.2 Å². The highest BCUT2D eigenvalue weighted by Crippen LogP contribution is 2.16. The van der Waals surface area contributed by atoms with Gasteiger partial charge in [-0.05, 0) is 25.5 Å². The van der Waals surface area contributed by atoms with E-state index in [0.29, 0.717) is 12.1 Å². The van der Waals surface area contributed by atoms with Gasteiger partial charge in [0.05, 0.1) is 5.56 Å². The molecule has 1 atom stereocenters. The Kier molecular flexibility index (Phi) is 5.11. The van der Waals surface area contributed by atoms with Gasteiger partial charge in [-0.1, -0.05) is 12.1 Å². The Morgan fingerprint density at radius 3 is 2.89 bits per heavy atom. The summed E-state index contributed by atoms with van der Waals surface area (Å²) < 4.78 is 13.9. The first-order valence-electron chi connectivity index (χ1n) is 5.88. The lowest BCUT2D eigenvalue weighted by Crippen LogP contribution is -2.52. The number of carbonyl (C=O) groups is 1. The number of aryl methyl sites for hydroxylation is 1. The highest BCUT2D eigenvalue weighted by atomic mass is 35.5. The van der Waals surface area contributed by atoms with Crippen molar-refractivity contribution in [2.45, 2.75) is 19.9 Å². The fourth-order valence-electron chi connectivity index (χ4n) is 2.11. The molecule has 2 rings (SSSR count). The Morgan fingerprint density at radius 1 is 1.50 bits per heavy atom. The van der Waals surface area contributed by atoms with E-state index in [9.17, 15) is 9.18 Å². The predicted molar refractivity (Wildman–Crippen MR) is 71.8 cm³/mol. The van der Waals surface area contributed by atoms with Crippen LogP contribution in [0.3, 0.4) is 0 Å². The Balaban J connectivity index is 0.00000162. The summed E-state index contributed by atoms with van der Waals surface area (Å²) in [5, 5.41) is 3.21. The van der Waals surface area contributed by atoms with Crippen molar-refractivity contribution in [2.75, 3.05) is 19.6 Å². The minimum atomic E-state index is -0.400. The number of rotatable bonds is 1. The molecule has 1 aromatic carbocycles. The minimum Gasteiger partial charge on any atom is -0.333 e. The van der Waals surface area contributed by atoms with E-state index >= 15 is 0 Å². The number of halogens is 2. The van der Waals surface area contributed by atoms with E-state index in [4.69, 9.17) is 0 Å². The molecule has 5 heteroatoms. The molecule has 0 bridgehead atoms. The zero-order valence-electron chi connectivity index (χ0n) is 10.6. The third-order valence-electron chi connectivity index (χ3n) is 3.18. The van der Waals surface area contributed by atoms with Gasteiger partial charge in [0.1, 0.15) is 5.82 Å². The van der Waals surface area contributed by atoms with Crippen LogP contribution in [0.5, 0.6) is 0 Å². The van der Waals surface area contributed by atoms with Gasteiger partial charge in [-0.25, -0.2) is 4.39 Å². The number of carbonyl (C=O) groups excluding carboxylic acids is 1. The topological polar surface area (TPSA) is 32.3 Å². The van der Waals surface area contributed by atoms with Crippen molar-refractivity contribution < 1.29 is 9.18 Å². The van der Waals surface area contributed by atoms with Crippen LogP contribution in [0, 0.1) is 12.7 Å². The molecule has 0 aromatic heterocycles. The number of benzene rings is 1. The summed E-state index contributed by atoms with van der Waals surface area (Å²) >= 11 is 0. The molecule has 18 heavy (non-hydrogen) atoms. The second-order valence-corrected chi connectivity index (χ2v) is 4.49. The molecule has 0 saturated carbocycles. The highest BCUT2D eigenvalue weighted by molar-refractivity contribution is 5.95. The third-order valence-corrected chi connectivity index (χ3v) is 3.18. The van der Waals surface area contributed by atoms with Gasteiger partial charge in [0.2, 0.25) is 0 Å². The lowest BCUT2D eigenvalue weighted by molar-refractivity contribution is 0.0651. The summed E-state index contributed by atoms with van der Waals surface area (Å²) in [6.07, 6.45) is 0. The predicted octanol–water partition coefficient (Wildman–Crippen LogP) is 1.99. The second kappa shape index (κ2) is 6.16. The van der Waals surface area contributed by atoms with Gasteiger partial charge in [-0.2, -0.15) is 0 Å². The average Bonchev–Trinajstić information content (AvgIpc) is 2.32. The molecular formula is C13H18ClFN2O. The molecule has 0 radical (unpaired) electrons. The standard InChI is InChI=1S/C13H17FN2O.ClH/c1-9-4-3-5-11(12(9)14)13(17)16-7-6-15-8-10(16)2;/h3-5,10,15H,6-8H2,1-2H3;1H. The maximum absolute atomic E-state index is 13.9. The van der Waals surface area contributed by atoms with Crippen LogP contribution >= 0.6 is 12.4 Å². The monoisotopic (exact) mass is 272 g/mol. The van der Waals surface area contributed by atoms with Crippen LogP contribution in [-0.4, -0.2) is 36.5 Å². The van der Waals surface area contributed by atoms with Crippen molar-refractivity contribution in [1.29, 1.82) is 0 Å². The van der Waals surface area contributed by atoms with Crippen LogP contribution in [0.4, 0.5) is 4.39 Å². The number of amides is 1. The maximum Gasteiger partial charge on any atom is 0.257 e. The first-order chi connectivity index (χ1) is 8.11. The van der Waals surface area contributed by atoms with Crippen molar-refractivity contribution in [3.8, 4) is 0 Å². The molecule has 1 aromatic rings. The first-order valence-corrected chi connectivity index (χ1v) is 5.88. The quantitative estimate of drug-likeness (QED) is 0.848.